The molecule has 16 heavy (non-hydrogen) atoms. The van der Waals surface area contributed by atoms with Crippen LogP contribution in [-0.4, -0.2) is 7.11 Å². The van der Waals surface area contributed by atoms with E-state index in [0.717, 1.165) is 22.8 Å². The molecule has 2 N–H and O–H groups in total. The van der Waals surface area contributed by atoms with Gasteiger partial charge in [0.15, 0.2) is 0 Å². The molecule has 0 bridgehead atoms. The molecule has 0 saturated carbocycles. The Balaban J connectivity index is 2.11. The zero-order chi connectivity index (χ0) is 11.4. The van der Waals surface area contributed by atoms with Crippen molar-refractivity contribution in [2.45, 2.75) is 9.96 Å². The Labute approximate surface area is 103 Å². The number of nitrogens with two attached hydrogens (primary N) is 1. The zero-order valence-electron chi connectivity index (χ0n) is 8.97. The second kappa shape index (κ2) is 5.27. The van der Waals surface area contributed by atoms with Crippen molar-refractivity contribution in [3.05, 3.63) is 41.3 Å². The predicted octanol–water partition coefficient (Wildman–Crippen LogP) is 3.63. The smallest absolute Gasteiger partial charge is 0.123 e. The first-order chi connectivity index (χ1) is 7.79. The Bertz CT molecular complexity index is 454. The van der Waals surface area contributed by atoms with Crippen LogP contribution in [0.3, 0.4) is 0 Å². The van der Waals surface area contributed by atoms with Gasteiger partial charge in [0, 0.05) is 17.0 Å². The lowest BCUT2D eigenvalue weighted by molar-refractivity contribution is 0.411. The Kier molecular flexibility index (Phi) is 3.74. The van der Waals surface area contributed by atoms with Gasteiger partial charge >= 0.3 is 0 Å². The van der Waals surface area contributed by atoms with Gasteiger partial charge < -0.3 is 10.5 Å². The first-order valence-corrected chi connectivity index (χ1v) is 6.75. The number of hydrogen-bond donors (Lipinski definition) is 1. The highest BCUT2D eigenvalue weighted by Gasteiger charge is 2.04. The molecule has 2 rings (SSSR count). The molecule has 4 heteroatoms. The first kappa shape index (κ1) is 11.4. The van der Waals surface area contributed by atoms with E-state index in [2.05, 4.69) is 17.5 Å². The van der Waals surface area contributed by atoms with Crippen LogP contribution >= 0.6 is 23.1 Å². The molecule has 1 aromatic heterocycles. The minimum atomic E-state index is 0.780. The fraction of sp³-hybridized carbons (Fsp3) is 0.167. The van der Waals surface area contributed by atoms with Crippen LogP contribution in [0, 0.1) is 0 Å². The van der Waals surface area contributed by atoms with Crippen LogP contribution in [-0.2, 0) is 5.75 Å². The molecule has 0 fully saturated rings. The molecule has 0 unspecified atom stereocenters. The summed E-state index contributed by atoms with van der Waals surface area (Å²) in [6.07, 6.45) is 0. The fourth-order valence-corrected chi connectivity index (χ4v) is 3.17. The molecule has 1 aromatic carbocycles. The van der Waals surface area contributed by atoms with Crippen molar-refractivity contribution >= 4 is 28.8 Å². The zero-order valence-corrected chi connectivity index (χ0v) is 10.6. The number of methoxy groups -OCH3 is 1. The average Bonchev–Trinajstić information content (AvgIpc) is 2.79. The lowest BCUT2D eigenvalue weighted by Crippen LogP contribution is -1.93. The molecule has 0 saturated heterocycles. The molecule has 0 amide bonds. The molecule has 1 heterocycles. The number of thioether (sulfide) groups is 1. The molecule has 0 atom stereocenters. The van der Waals surface area contributed by atoms with Gasteiger partial charge in [-0.3, -0.25) is 0 Å². The Morgan fingerprint density at radius 1 is 1.38 bits per heavy atom. The minimum absolute atomic E-state index is 0.780. The third-order valence-electron chi connectivity index (χ3n) is 2.17. The maximum atomic E-state index is 5.77. The van der Waals surface area contributed by atoms with Crippen LogP contribution in [0.1, 0.15) is 5.56 Å². The van der Waals surface area contributed by atoms with Crippen molar-refractivity contribution in [2.75, 3.05) is 12.8 Å². The molecular formula is C12H13NOS2. The second-order valence-electron chi connectivity index (χ2n) is 3.29. The molecule has 84 valence electrons. The summed E-state index contributed by atoms with van der Waals surface area (Å²) in [7, 11) is 1.69. The summed E-state index contributed by atoms with van der Waals surface area (Å²) in [5.41, 5.74) is 7.69. The highest BCUT2D eigenvalue weighted by molar-refractivity contribution is 8.00. The van der Waals surface area contributed by atoms with E-state index in [-0.39, 0.29) is 0 Å². The summed E-state index contributed by atoms with van der Waals surface area (Å²) in [6.45, 7) is 0. The maximum Gasteiger partial charge on any atom is 0.123 e. The lowest BCUT2D eigenvalue weighted by atomic mass is 10.2. The van der Waals surface area contributed by atoms with E-state index in [9.17, 15) is 0 Å². The van der Waals surface area contributed by atoms with E-state index >= 15 is 0 Å². The van der Waals surface area contributed by atoms with E-state index in [1.165, 1.54) is 4.21 Å². The third-order valence-corrected chi connectivity index (χ3v) is 4.35. The van der Waals surface area contributed by atoms with Gasteiger partial charge in [-0.25, -0.2) is 0 Å². The molecule has 0 radical (unpaired) electrons. The normalized spacial score (nSPS) is 10.3. The van der Waals surface area contributed by atoms with Crippen molar-refractivity contribution in [2.24, 2.45) is 0 Å². The van der Waals surface area contributed by atoms with E-state index in [1.54, 1.807) is 30.2 Å². The van der Waals surface area contributed by atoms with Crippen LogP contribution in [0.15, 0.2) is 39.9 Å². The van der Waals surface area contributed by atoms with Crippen molar-refractivity contribution in [1.29, 1.82) is 0 Å². The SMILES string of the molecule is COc1ccc(N)cc1CSc1cccs1. The maximum absolute atomic E-state index is 5.77. The van der Waals surface area contributed by atoms with Gasteiger partial charge in [0.1, 0.15) is 5.75 Å². The predicted molar refractivity (Wildman–Crippen MR) is 71.3 cm³/mol. The van der Waals surface area contributed by atoms with E-state index in [1.807, 2.05) is 18.2 Å². The van der Waals surface area contributed by atoms with E-state index in [4.69, 9.17) is 10.5 Å². The molecule has 0 aliphatic carbocycles. The number of thiophene rings is 1. The number of benzene rings is 1. The van der Waals surface area contributed by atoms with Gasteiger partial charge in [0.05, 0.1) is 11.3 Å². The van der Waals surface area contributed by atoms with Crippen molar-refractivity contribution in [1.82, 2.24) is 0 Å². The largest absolute Gasteiger partial charge is 0.496 e. The molecule has 2 nitrogen and oxygen atoms in total. The van der Waals surface area contributed by atoms with Crippen molar-refractivity contribution in [3.8, 4) is 5.75 Å². The van der Waals surface area contributed by atoms with Crippen LogP contribution < -0.4 is 10.5 Å². The average molecular weight is 251 g/mol. The van der Waals surface area contributed by atoms with Gasteiger partial charge in [-0.1, -0.05) is 6.07 Å². The monoisotopic (exact) mass is 251 g/mol. The van der Waals surface area contributed by atoms with Gasteiger partial charge in [0.25, 0.3) is 0 Å². The second-order valence-corrected chi connectivity index (χ2v) is 5.52. The molecule has 0 spiro atoms. The first-order valence-electron chi connectivity index (χ1n) is 4.88. The highest BCUT2D eigenvalue weighted by atomic mass is 32.2. The van der Waals surface area contributed by atoms with Gasteiger partial charge in [0.2, 0.25) is 0 Å². The minimum Gasteiger partial charge on any atom is -0.496 e. The number of hydrogen-bond acceptors (Lipinski definition) is 4. The summed E-state index contributed by atoms with van der Waals surface area (Å²) in [4.78, 5) is 0. The van der Waals surface area contributed by atoms with Gasteiger partial charge in [-0.15, -0.1) is 23.1 Å². The van der Waals surface area contributed by atoms with Crippen molar-refractivity contribution in [3.63, 3.8) is 0 Å². The van der Waals surface area contributed by atoms with Crippen molar-refractivity contribution < 1.29 is 4.74 Å². The topological polar surface area (TPSA) is 35.2 Å². The number of rotatable bonds is 4. The van der Waals surface area contributed by atoms with Crippen LogP contribution in [0.2, 0.25) is 0 Å². The van der Waals surface area contributed by atoms with Crippen LogP contribution in [0.5, 0.6) is 5.75 Å². The fourth-order valence-electron chi connectivity index (χ4n) is 1.41. The standard InChI is InChI=1S/C12H13NOS2/c1-14-11-5-4-10(13)7-9(11)8-16-12-3-2-6-15-12/h2-7H,8,13H2,1H3. The molecule has 0 aliphatic rings. The van der Waals surface area contributed by atoms with Crippen LogP contribution in [0.4, 0.5) is 5.69 Å². The quantitative estimate of drug-likeness (QED) is 0.665. The third kappa shape index (κ3) is 2.71. The Morgan fingerprint density at radius 2 is 2.25 bits per heavy atom. The van der Waals surface area contributed by atoms with E-state index < -0.39 is 0 Å². The molecular weight excluding hydrogens is 238 g/mol. The number of anilines is 1. The Morgan fingerprint density at radius 3 is 2.94 bits per heavy atom. The van der Waals surface area contributed by atoms with Gasteiger partial charge in [-0.05, 0) is 29.6 Å². The molecule has 2 aromatic rings. The van der Waals surface area contributed by atoms with Crippen LogP contribution in [0.25, 0.3) is 0 Å². The highest BCUT2D eigenvalue weighted by Crippen LogP contribution is 2.31. The summed E-state index contributed by atoms with van der Waals surface area (Å²) in [6, 6.07) is 9.93. The lowest BCUT2D eigenvalue weighted by Gasteiger charge is -2.08. The summed E-state index contributed by atoms with van der Waals surface area (Å²) < 4.78 is 6.61. The summed E-state index contributed by atoms with van der Waals surface area (Å²) in [5.74, 6) is 1.78. The Hall–Kier alpha value is -1.13. The van der Waals surface area contributed by atoms with Gasteiger partial charge in [-0.2, -0.15) is 0 Å². The summed E-state index contributed by atoms with van der Waals surface area (Å²) in [5, 5.41) is 2.08. The molecule has 0 aliphatic heterocycles. The summed E-state index contributed by atoms with van der Waals surface area (Å²) >= 11 is 3.55. The number of nitrogen functional groups attached to an aromatic ring is 1. The number of ether oxygens (including phenoxy) is 1. The van der Waals surface area contributed by atoms with E-state index in [0.29, 0.717) is 0 Å².